The van der Waals surface area contributed by atoms with Gasteiger partial charge in [0.25, 0.3) is 0 Å². The largest absolute Gasteiger partial charge is 0.550 e. The van der Waals surface area contributed by atoms with Gasteiger partial charge < -0.3 is 38.2 Å². The van der Waals surface area contributed by atoms with Crippen LogP contribution in [0, 0.1) is 0 Å². The molecule has 0 fully saturated rings. The minimum absolute atomic E-state index is 0.230. The molecule has 44 heavy (non-hydrogen) atoms. The van der Waals surface area contributed by atoms with E-state index in [9.17, 15) is 19.8 Å². The van der Waals surface area contributed by atoms with Gasteiger partial charge in [0.15, 0.2) is 0 Å². The Bertz CT molecular complexity index is 565. The predicted octanol–water partition coefficient (Wildman–Crippen LogP) is 5.99. The first kappa shape index (κ1) is 49.7. The third kappa shape index (κ3) is 53.3. The zero-order valence-corrected chi connectivity index (χ0v) is 31.3. The summed E-state index contributed by atoms with van der Waals surface area (Å²) in [6, 6.07) is 0. The molecular formula is C36H78N2O6. The number of methoxy groups -OCH3 is 2. The van der Waals surface area contributed by atoms with Gasteiger partial charge in [-0.3, -0.25) is 0 Å². The molecule has 0 aliphatic heterocycles. The van der Waals surface area contributed by atoms with Crippen molar-refractivity contribution in [3.63, 3.8) is 0 Å². The van der Waals surface area contributed by atoms with E-state index in [2.05, 4.69) is 55.9 Å². The Labute approximate surface area is 275 Å². The maximum Gasteiger partial charge on any atom is 0.102 e. The number of aliphatic carboxylic acids is 2. The summed E-state index contributed by atoms with van der Waals surface area (Å²) in [4.78, 5) is 20.1. The molecule has 0 aliphatic rings. The summed E-state index contributed by atoms with van der Waals surface area (Å²) in [6.07, 6.45) is 19.5. The first-order chi connectivity index (χ1) is 20.8. The molecule has 0 amide bonds. The molecule has 0 aromatic carbocycles. The number of carboxylic acid groups (broad SMARTS) is 2. The number of nitrogens with zero attached hydrogens (tertiary/aromatic N) is 2. The topological polar surface area (TPSA) is 98.7 Å². The van der Waals surface area contributed by atoms with Gasteiger partial charge in [-0.2, -0.15) is 0 Å². The van der Waals surface area contributed by atoms with Gasteiger partial charge in [0.05, 0.1) is 54.5 Å². The van der Waals surface area contributed by atoms with Crippen molar-refractivity contribution >= 4 is 11.9 Å². The summed E-state index contributed by atoms with van der Waals surface area (Å²) < 4.78 is 12.0. The summed E-state index contributed by atoms with van der Waals surface area (Å²) in [5.74, 6) is -1.82. The molecule has 0 spiro atoms. The van der Waals surface area contributed by atoms with Gasteiger partial charge in [-0.15, -0.1) is 0 Å². The SMILES string of the molecule is CCCCCCCCCC(=O)[O-].CCCCCCCCCCCC(=O)[O-].CC[N+](C)(C)CCOC.CC[N+](C)(C)CCOC. The minimum atomic E-state index is -0.913. The van der Waals surface area contributed by atoms with Crippen LogP contribution in [0.25, 0.3) is 0 Å². The highest BCUT2D eigenvalue weighted by atomic mass is 16.5. The summed E-state index contributed by atoms with van der Waals surface area (Å²) >= 11 is 0. The van der Waals surface area contributed by atoms with Crippen LogP contribution in [-0.2, 0) is 19.1 Å². The van der Waals surface area contributed by atoms with Crippen molar-refractivity contribution in [2.24, 2.45) is 0 Å². The van der Waals surface area contributed by atoms with Crippen molar-refractivity contribution in [1.29, 1.82) is 0 Å². The van der Waals surface area contributed by atoms with Crippen LogP contribution in [0.3, 0.4) is 0 Å². The smallest absolute Gasteiger partial charge is 0.102 e. The van der Waals surface area contributed by atoms with Gasteiger partial charge in [-0.25, -0.2) is 0 Å². The van der Waals surface area contributed by atoms with Crippen LogP contribution < -0.4 is 10.2 Å². The minimum Gasteiger partial charge on any atom is -0.550 e. The third-order valence-electron chi connectivity index (χ3n) is 7.98. The van der Waals surface area contributed by atoms with Crippen LogP contribution in [0.4, 0.5) is 0 Å². The number of carboxylic acids is 2. The highest BCUT2D eigenvalue weighted by molar-refractivity contribution is 5.64. The quantitative estimate of drug-likeness (QED) is 0.0856. The monoisotopic (exact) mass is 635 g/mol. The van der Waals surface area contributed by atoms with Crippen LogP contribution in [0.5, 0.6) is 0 Å². The highest BCUT2D eigenvalue weighted by Gasteiger charge is 2.10. The number of ether oxygens (including phenoxy) is 2. The number of carbonyl (C=O) groups excluding carboxylic acids is 2. The number of hydrogen-bond donors (Lipinski definition) is 0. The van der Waals surface area contributed by atoms with Crippen LogP contribution in [0.1, 0.15) is 143 Å². The normalized spacial score (nSPS) is 11.0. The van der Waals surface area contributed by atoms with E-state index < -0.39 is 11.9 Å². The fourth-order valence-electron chi connectivity index (χ4n) is 3.80. The van der Waals surface area contributed by atoms with Crippen LogP contribution in [-0.4, -0.2) is 103 Å². The Morgan fingerprint density at radius 3 is 0.932 bits per heavy atom. The van der Waals surface area contributed by atoms with Crippen LogP contribution in [0.15, 0.2) is 0 Å². The number of carbonyl (C=O) groups is 2. The zero-order valence-electron chi connectivity index (χ0n) is 31.3. The Morgan fingerprint density at radius 2 is 0.727 bits per heavy atom. The molecule has 0 unspecified atom stereocenters. The molecule has 0 rings (SSSR count). The average Bonchev–Trinajstić information content (AvgIpc) is 2.98. The molecule has 0 N–H and O–H groups in total. The summed E-state index contributed by atoms with van der Waals surface area (Å²) in [6.45, 7) is 15.1. The number of hydrogen-bond acceptors (Lipinski definition) is 6. The maximum absolute atomic E-state index is 10.1. The lowest BCUT2D eigenvalue weighted by Crippen LogP contribution is -2.41. The third-order valence-corrected chi connectivity index (χ3v) is 7.98. The molecular weight excluding hydrogens is 556 g/mol. The Kier molecular flexibility index (Phi) is 42.8. The van der Waals surface area contributed by atoms with Crippen molar-refractivity contribution in [2.75, 3.05) is 81.8 Å². The second-order valence-electron chi connectivity index (χ2n) is 13.1. The molecule has 8 nitrogen and oxygen atoms in total. The number of rotatable bonds is 26. The fraction of sp³-hybridized carbons (Fsp3) is 0.944. The second kappa shape index (κ2) is 38.0. The lowest BCUT2D eigenvalue weighted by molar-refractivity contribution is -0.888. The number of unbranched alkanes of at least 4 members (excludes halogenated alkanes) is 14. The van der Waals surface area contributed by atoms with Crippen LogP contribution in [0.2, 0.25) is 0 Å². The maximum atomic E-state index is 10.1. The predicted molar refractivity (Wildman–Crippen MR) is 183 cm³/mol. The van der Waals surface area contributed by atoms with Gasteiger partial charge in [-0.05, 0) is 39.5 Å². The lowest BCUT2D eigenvalue weighted by atomic mass is 10.1. The first-order valence-corrected chi connectivity index (χ1v) is 17.8. The van der Waals surface area contributed by atoms with E-state index >= 15 is 0 Å². The van der Waals surface area contributed by atoms with Crippen molar-refractivity contribution < 1.29 is 38.2 Å². The average molecular weight is 635 g/mol. The molecule has 0 aliphatic carbocycles. The molecule has 0 aromatic heterocycles. The molecule has 268 valence electrons. The molecule has 0 saturated carbocycles. The van der Waals surface area contributed by atoms with Gasteiger partial charge in [0.1, 0.15) is 13.1 Å². The van der Waals surface area contributed by atoms with E-state index in [4.69, 9.17) is 9.47 Å². The Hall–Kier alpha value is -1.22. The van der Waals surface area contributed by atoms with Crippen molar-refractivity contribution in [3.8, 4) is 0 Å². The number of likely N-dealkylation sites (N-methyl/N-ethyl adjacent to an activating group) is 2. The van der Waals surface area contributed by atoms with E-state index in [1.54, 1.807) is 14.2 Å². The van der Waals surface area contributed by atoms with E-state index in [0.717, 1.165) is 61.0 Å². The van der Waals surface area contributed by atoms with E-state index in [0.29, 0.717) is 0 Å². The summed E-state index contributed by atoms with van der Waals surface area (Å²) in [5.41, 5.74) is 0. The van der Waals surface area contributed by atoms with Gasteiger partial charge in [0, 0.05) is 26.2 Å². The van der Waals surface area contributed by atoms with Crippen molar-refractivity contribution in [1.82, 2.24) is 0 Å². The van der Waals surface area contributed by atoms with E-state index in [1.807, 2.05) is 0 Å². The van der Waals surface area contributed by atoms with Crippen molar-refractivity contribution in [3.05, 3.63) is 0 Å². The molecule has 0 bridgehead atoms. The molecule has 0 aromatic rings. The first-order valence-electron chi connectivity index (χ1n) is 17.8. The van der Waals surface area contributed by atoms with Gasteiger partial charge in [0.2, 0.25) is 0 Å². The zero-order chi connectivity index (χ0) is 34.5. The molecule has 8 heteroatoms. The van der Waals surface area contributed by atoms with E-state index in [-0.39, 0.29) is 12.8 Å². The fourth-order valence-corrected chi connectivity index (χ4v) is 3.80. The molecule has 0 saturated heterocycles. The number of quaternary nitrogens is 2. The lowest BCUT2D eigenvalue weighted by Gasteiger charge is -2.27. The Morgan fingerprint density at radius 1 is 0.477 bits per heavy atom. The van der Waals surface area contributed by atoms with Gasteiger partial charge >= 0.3 is 0 Å². The van der Waals surface area contributed by atoms with E-state index in [1.165, 1.54) is 90.1 Å². The molecule has 0 heterocycles. The standard InChI is InChI=1S/C12H24O2.C10H20O2.2C7H18NO/c1-2-3-4-5-6-7-8-9-10-11-12(13)14;1-2-3-4-5-6-7-8-9-10(11)12;2*1-5-8(2,3)6-7-9-4/h2-11H2,1H3,(H,13,14);2-9H2,1H3,(H,11,12);2*5-7H2,1-4H3/q;;2*+1/p-2. The van der Waals surface area contributed by atoms with Crippen molar-refractivity contribution in [2.45, 2.75) is 143 Å². The highest BCUT2D eigenvalue weighted by Crippen LogP contribution is 2.10. The molecule has 0 radical (unpaired) electrons. The van der Waals surface area contributed by atoms with Gasteiger partial charge in [-0.1, -0.05) is 104 Å². The second-order valence-corrected chi connectivity index (χ2v) is 13.1. The summed E-state index contributed by atoms with van der Waals surface area (Å²) in [7, 11) is 12.3. The summed E-state index contributed by atoms with van der Waals surface area (Å²) in [5, 5.41) is 20.1. The molecule has 0 atom stereocenters. The Balaban J connectivity index is -0.000000247. The van der Waals surface area contributed by atoms with Crippen LogP contribution >= 0.6 is 0 Å².